The summed E-state index contributed by atoms with van der Waals surface area (Å²) in [6, 6.07) is 8.47. The molecule has 0 bridgehead atoms. The number of carbonyl (C=O) groups is 1. The van der Waals surface area contributed by atoms with Gasteiger partial charge in [-0.1, -0.05) is 18.6 Å². The summed E-state index contributed by atoms with van der Waals surface area (Å²) in [6.07, 6.45) is 3.73. The average molecular weight is 532 g/mol. The van der Waals surface area contributed by atoms with Crippen LogP contribution in [-0.2, 0) is 9.53 Å². The Morgan fingerprint density at radius 3 is 2.30 bits per heavy atom. The summed E-state index contributed by atoms with van der Waals surface area (Å²) in [4.78, 5) is 18.7. The molecule has 1 saturated heterocycles. The lowest BCUT2D eigenvalue weighted by Crippen LogP contribution is -2.46. The molecule has 1 atom stereocenters. The van der Waals surface area contributed by atoms with E-state index in [0.29, 0.717) is 12.5 Å². The zero-order valence-electron chi connectivity index (χ0n) is 18.9. The number of ether oxygens (including phenoxy) is 2. The summed E-state index contributed by atoms with van der Waals surface area (Å²) in [5.41, 5.74) is 0.742. The monoisotopic (exact) mass is 532 g/mol. The van der Waals surface area contributed by atoms with Gasteiger partial charge in [-0.05, 0) is 64.4 Å². The zero-order valence-corrected chi connectivity index (χ0v) is 21.2. The SMILES string of the molecule is CN=C(NCC(=O)OC(C)(C)C)NCC(c1ccc(OC)cc1)N1CCCCC1.I. The van der Waals surface area contributed by atoms with Crippen molar-refractivity contribution < 1.29 is 14.3 Å². The van der Waals surface area contributed by atoms with Crippen LogP contribution in [0.2, 0.25) is 0 Å². The molecule has 7 nitrogen and oxygen atoms in total. The van der Waals surface area contributed by atoms with Crippen molar-refractivity contribution in [2.75, 3.05) is 40.3 Å². The summed E-state index contributed by atoms with van der Waals surface area (Å²) in [5.74, 6) is 1.14. The van der Waals surface area contributed by atoms with E-state index >= 15 is 0 Å². The standard InChI is InChI=1S/C22H36N4O3.HI/c1-22(2,3)29-20(27)16-25-21(23-4)24-15-19(26-13-7-6-8-14-26)17-9-11-18(28-5)12-10-17;/h9-12,19H,6-8,13-16H2,1-5H3,(H2,23,24,25);1H. The average Bonchev–Trinajstić information content (AvgIpc) is 2.70. The van der Waals surface area contributed by atoms with Crippen molar-refractivity contribution in [3.63, 3.8) is 0 Å². The number of nitrogens with one attached hydrogen (secondary N) is 2. The Morgan fingerprint density at radius 2 is 1.77 bits per heavy atom. The van der Waals surface area contributed by atoms with Crippen LogP contribution in [0.15, 0.2) is 29.3 Å². The molecule has 170 valence electrons. The fourth-order valence-corrected chi connectivity index (χ4v) is 3.46. The maximum atomic E-state index is 12.0. The quantitative estimate of drug-likeness (QED) is 0.243. The van der Waals surface area contributed by atoms with Crippen molar-refractivity contribution >= 4 is 35.9 Å². The molecule has 2 rings (SSSR count). The van der Waals surface area contributed by atoms with E-state index in [-0.39, 0.29) is 42.5 Å². The lowest BCUT2D eigenvalue weighted by molar-refractivity contribution is -0.153. The van der Waals surface area contributed by atoms with Crippen LogP contribution in [0.25, 0.3) is 0 Å². The van der Waals surface area contributed by atoms with Crippen LogP contribution in [0.1, 0.15) is 51.6 Å². The van der Waals surface area contributed by atoms with Gasteiger partial charge in [-0.15, -0.1) is 24.0 Å². The predicted molar refractivity (Wildman–Crippen MR) is 132 cm³/mol. The topological polar surface area (TPSA) is 75.2 Å². The fraction of sp³-hybridized carbons (Fsp3) is 0.636. The largest absolute Gasteiger partial charge is 0.497 e. The number of esters is 1. The molecule has 0 amide bonds. The molecule has 0 aliphatic carbocycles. The van der Waals surface area contributed by atoms with E-state index in [9.17, 15) is 4.79 Å². The molecule has 0 spiro atoms. The van der Waals surface area contributed by atoms with E-state index in [1.807, 2.05) is 32.9 Å². The van der Waals surface area contributed by atoms with Gasteiger partial charge in [0.25, 0.3) is 0 Å². The molecule has 2 N–H and O–H groups in total. The van der Waals surface area contributed by atoms with Crippen molar-refractivity contribution in [3.8, 4) is 5.75 Å². The van der Waals surface area contributed by atoms with Gasteiger partial charge < -0.3 is 20.1 Å². The molecule has 30 heavy (non-hydrogen) atoms. The third-order valence-electron chi connectivity index (χ3n) is 4.84. The maximum absolute atomic E-state index is 12.0. The Bertz CT molecular complexity index is 668. The number of hydrogen-bond donors (Lipinski definition) is 2. The highest BCUT2D eigenvalue weighted by molar-refractivity contribution is 14.0. The number of benzene rings is 1. The van der Waals surface area contributed by atoms with E-state index < -0.39 is 5.60 Å². The normalized spacial score (nSPS) is 16.2. The van der Waals surface area contributed by atoms with Gasteiger partial charge in [0, 0.05) is 13.6 Å². The van der Waals surface area contributed by atoms with Crippen LogP contribution in [0.4, 0.5) is 0 Å². The number of guanidine groups is 1. The van der Waals surface area contributed by atoms with Crippen molar-refractivity contribution in [2.45, 2.75) is 51.7 Å². The first kappa shape index (κ1) is 26.5. The van der Waals surface area contributed by atoms with Crippen LogP contribution in [-0.4, -0.2) is 62.8 Å². The highest BCUT2D eigenvalue weighted by atomic mass is 127. The molecule has 8 heteroatoms. The van der Waals surface area contributed by atoms with Crippen molar-refractivity contribution in [1.29, 1.82) is 0 Å². The number of piperidine rings is 1. The first-order chi connectivity index (χ1) is 13.8. The summed E-state index contributed by atoms with van der Waals surface area (Å²) >= 11 is 0. The van der Waals surface area contributed by atoms with Crippen LogP contribution in [0, 0.1) is 0 Å². The summed E-state index contributed by atoms with van der Waals surface area (Å²) in [5, 5.41) is 6.42. The number of methoxy groups -OCH3 is 1. The van der Waals surface area contributed by atoms with Gasteiger partial charge in [-0.2, -0.15) is 0 Å². The van der Waals surface area contributed by atoms with Gasteiger partial charge in [-0.3, -0.25) is 14.7 Å². The number of carbonyl (C=O) groups excluding carboxylic acids is 1. The van der Waals surface area contributed by atoms with Crippen molar-refractivity contribution in [2.24, 2.45) is 4.99 Å². The zero-order chi connectivity index (χ0) is 21.3. The van der Waals surface area contributed by atoms with Gasteiger partial charge >= 0.3 is 5.97 Å². The lowest BCUT2D eigenvalue weighted by atomic mass is 10.0. The number of aliphatic imine (C=N–C) groups is 1. The smallest absolute Gasteiger partial charge is 0.325 e. The lowest BCUT2D eigenvalue weighted by Gasteiger charge is -2.35. The molecule has 0 aromatic heterocycles. The van der Waals surface area contributed by atoms with Crippen molar-refractivity contribution in [3.05, 3.63) is 29.8 Å². The third kappa shape index (κ3) is 9.07. The number of hydrogen-bond acceptors (Lipinski definition) is 5. The Hall–Kier alpha value is -1.55. The van der Waals surface area contributed by atoms with Gasteiger partial charge in [-0.25, -0.2) is 0 Å². The minimum absolute atomic E-state index is 0. The van der Waals surface area contributed by atoms with E-state index in [0.717, 1.165) is 18.8 Å². The molecule has 0 radical (unpaired) electrons. The second kappa shape index (κ2) is 13.0. The molecule has 1 heterocycles. The Balaban J connectivity index is 0.00000450. The first-order valence-corrected chi connectivity index (χ1v) is 10.4. The second-order valence-electron chi connectivity index (χ2n) is 8.28. The molecule has 1 aliphatic heterocycles. The summed E-state index contributed by atoms with van der Waals surface area (Å²) < 4.78 is 10.6. The van der Waals surface area contributed by atoms with Crippen molar-refractivity contribution in [1.82, 2.24) is 15.5 Å². The molecule has 0 saturated carbocycles. The number of halogens is 1. The summed E-state index contributed by atoms with van der Waals surface area (Å²) in [6.45, 7) is 8.51. The highest BCUT2D eigenvalue weighted by Crippen LogP contribution is 2.25. The Morgan fingerprint density at radius 1 is 1.13 bits per heavy atom. The minimum Gasteiger partial charge on any atom is -0.497 e. The molecule has 1 aliphatic rings. The molecule has 1 aromatic carbocycles. The van der Waals surface area contributed by atoms with Gasteiger partial charge in [0.05, 0.1) is 13.2 Å². The van der Waals surface area contributed by atoms with E-state index in [2.05, 4.69) is 32.7 Å². The predicted octanol–water partition coefficient (Wildman–Crippen LogP) is 3.35. The minimum atomic E-state index is -0.497. The Labute approximate surface area is 198 Å². The number of rotatable bonds is 7. The molecular weight excluding hydrogens is 495 g/mol. The van der Waals surface area contributed by atoms with Crippen LogP contribution in [0.5, 0.6) is 5.75 Å². The molecule has 1 fully saturated rings. The summed E-state index contributed by atoms with van der Waals surface area (Å²) in [7, 11) is 3.38. The molecule has 1 unspecified atom stereocenters. The van der Waals surface area contributed by atoms with Crippen LogP contribution >= 0.6 is 24.0 Å². The van der Waals surface area contributed by atoms with E-state index in [1.165, 1.54) is 24.8 Å². The fourth-order valence-electron chi connectivity index (χ4n) is 3.46. The molecular formula is C22H37IN4O3. The van der Waals surface area contributed by atoms with Gasteiger partial charge in [0.1, 0.15) is 17.9 Å². The van der Waals surface area contributed by atoms with E-state index in [4.69, 9.17) is 9.47 Å². The van der Waals surface area contributed by atoms with Gasteiger partial charge in [0.2, 0.25) is 0 Å². The van der Waals surface area contributed by atoms with Gasteiger partial charge in [0.15, 0.2) is 5.96 Å². The second-order valence-corrected chi connectivity index (χ2v) is 8.28. The Kier molecular flexibility index (Phi) is 11.5. The third-order valence-corrected chi connectivity index (χ3v) is 4.84. The van der Waals surface area contributed by atoms with Crippen LogP contribution < -0.4 is 15.4 Å². The molecule has 1 aromatic rings. The van der Waals surface area contributed by atoms with Crippen LogP contribution in [0.3, 0.4) is 0 Å². The van der Waals surface area contributed by atoms with E-state index in [1.54, 1.807) is 14.2 Å². The number of nitrogens with zero attached hydrogens (tertiary/aromatic N) is 2. The highest BCUT2D eigenvalue weighted by Gasteiger charge is 2.23. The number of likely N-dealkylation sites (tertiary alicyclic amines) is 1. The maximum Gasteiger partial charge on any atom is 0.325 e. The first-order valence-electron chi connectivity index (χ1n) is 10.4.